The van der Waals surface area contributed by atoms with Crippen molar-refractivity contribution in [2.24, 2.45) is 0 Å². The van der Waals surface area contributed by atoms with Crippen LogP contribution in [0.25, 0.3) is 0 Å². The van der Waals surface area contributed by atoms with E-state index in [9.17, 15) is 14.4 Å². The summed E-state index contributed by atoms with van der Waals surface area (Å²) in [4.78, 5) is 41.0. The van der Waals surface area contributed by atoms with Crippen LogP contribution in [0.4, 0.5) is 10.5 Å². The second kappa shape index (κ2) is 5.59. The van der Waals surface area contributed by atoms with Gasteiger partial charge in [0.15, 0.2) is 5.82 Å². The molecule has 0 unspecified atom stereocenters. The van der Waals surface area contributed by atoms with Crippen LogP contribution in [0.3, 0.4) is 0 Å². The Morgan fingerprint density at radius 3 is 2.52 bits per heavy atom. The second-order valence-corrected chi connectivity index (χ2v) is 4.82. The Labute approximate surface area is 130 Å². The lowest BCUT2D eigenvalue weighted by molar-refractivity contribution is -0.141. The van der Waals surface area contributed by atoms with Gasteiger partial charge in [-0.2, -0.15) is 9.67 Å². The third kappa shape index (κ3) is 2.45. The average molecular weight is 318 g/mol. The van der Waals surface area contributed by atoms with Crippen molar-refractivity contribution in [1.29, 1.82) is 0 Å². The highest BCUT2D eigenvalue weighted by Crippen LogP contribution is 2.25. The van der Waals surface area contributed by atoms with Gasteiger partial charge in [0.1, 0.15) is 12.3 Å². The van der Waals surface area contributed by atoms with Crippen molar-refractivity contribution in [3.63, 3.8) is 0 Å². The van der Waals surface area contributed by atoms with Crippen molar-refractivity contribution in [3.8, 4) is 5.75 Å². The quantitative estimate of drug-likeness (QED) is 0.748. The number of hydrogen-bond acceptors (Lipinski definition) is 6. The van der Waals surface area contributed by atoms with Gasteiger partial charge in [-0.25, -0.2) is 14.3 Å². The number of carbonyl (C=O) groups is 2. The topological polar surface area (TPSA) is 95.7 Å². The fourth-order valence-corrected chi connectivity index (χ4v) is 2.37. The predicted octanol–water partition coefficient (Wildman–Crippen LogP) is 0.215. The smallest absolute Gasteiger partial charge is 0.365 e. The maximum absolute atomic E-state index is 12.6. The Balaban J connectivity index is 1.93. The maximum Gasteiger partial charge on any atom is 0.365 e. The van der Waals surface area contributed by atoms with Gasteiger partial charge in [-0.1, -0.05) is 0 Å². The van der Waals surface area contributed by atoms with E-state index in [0.29, 0.717) is 11.4 Å². The molecule has 1 aliphatic rings. The second-order valence-electron chi connectivity index (χ2n) is 4.82. The molecule has 3 rings (SSSR count). The van der Waals surface area contributed by atoms with Crippen molar-refractivity contribution in [2.75, 3.05) is 19.1 Å². The third-order valence-corrected chi connectivity index (χ3v) is 3.53. The molecule has 2 aromatic rings. The number of hydrogen-bond donors (Lipinski definition) is 0. The number of fused-ring (bicyclic) bond motifs is 1. The highest BCUT2D eigenvalue weighted by molar-refractivity contribution is 5.95. The molecule has 2 heterocycles. The van der Waals surface area contributed by atoms with Crippen LogP contribution in [0, 0.1) is 0 Å². The van der Waals surface area contributed by atoms with E-state index in [1.807, 2.05) is 0 Å². The van der Waals surface area contributed by atoms with E-state index >= 15 is 0 Å². The van der Waals surface area contributed by atoms with Gasteiger partial charge >= 0.3 is 17.7 Å². The highest BCUT2D eigenvalue weighted by Gasteiger charge is 2.33. The molecule has 9 nitrogen and oxygen atoms in total. The minimum Gasteiger partial charge on any atom is -0.497 e. The number of rotatable bonds is 4. The number of nitrogens with zero attached hydrogens (tertiary/aromatic N) is 4. The van der Waals surface area contributed by atoms with Gasteiger partial charge in [0.2, 0.25) is 0 Å². The molecule has 0 radical (unpaired) electrons. The van der Waals surface area contributed by atoms with Gasteiger partial charge in [-0.3, -0.25) is 9.69 Å². The molecule has 1 aliphatic heterocycles. The van der Waals surface area contributed by atoms with Crippen LogP contribution in [0.2, 0.25) is 0 Å². The summed E-state index contributed by atoms with van der Waals surface area (Å²) in [6.45, 7) is -0.223. The van der Waals surface area contributed by atoms with Gasteiger partial charge in [-0.15, -0.1) is 0 Å². The zero-order chi connectivity index (χ0) is 16.6. The molecule has 1 amide bonds. The molecule has 0 saturated carbocycles. The van der Waals surface area contributed by atoms with Gasteiger partial charge < -0.3 is 9.47 Å². The van der Waals surface area contributed by atoms with Gasteiger partial charge in [-0.05, 0) is 24.3 Å². The molecular weight excluding hydrogens is 304 g/mol. The largest absolute Gasteiger partial charge is 0.497 e. The van der Waals surface area contributed by atoms with E-state index in [1.165, 1.54) is 12.0 Å². The molecule has 9 heteroatoms. The summed E-state index contributed by atoms with van der Waals surface area (Å²) >= 11 is 0. The van der Waals surface area contributed by atoms with Crippen LogP contribution in [-0.2, 0) is 22.6 Å². The molecule has 1 aromatic heterocycles. The van der Waals surface area contributed by atoms with Gasteiger partial charge in [0, 0.05) is 5.69 Å². The zero-order valence-electron chi connectivity index (χ0n) is 12.6. The minimum absolute atomic E-state index is 0.147. The van der Waals surface area contributed by atoms with E-state index in [4.69, 9.17) is 4.74 Å². The lowest BCUT2D eigenvalue weighted by Crippen LogP contribution is -2.35. The first-order valence-electron chi connectivity index (χ1n) is 6.76. The molecule has 0 saturated heterocycles. The molecule has 0 aliphatic carbocycles. The zero-order valence-corrected chi connectivity index (χ0v) is 12.6. The molecule has 23 heavy (non-hydrogen) atoms. The molecule has 0 atom stereocenters. The summed E-state index contributed by atoms with van der Waals surface area (Å²) in [7, 11) is 2.76. The molecule has 0 spiro atoms. The summed E-state index contributed by atoms with van der Waals surface area (Å²) in [6.07, 6.45) is 0. The number of esters is 1. The van der Waals surface area contributed by atoms with Gasteiger partial charge in [0.05, 0.1) is 20.8 Å². The summed E-state index contributed by atoms with van der Waals surface area (Å²) in [5, 5.41) is 0. The Hall–Kier alpha value is -3.10. The average Bonchev–Trinajstić information content (AvgIpc) is 3.04. The van der Waals surface area contributed by atoms with E-state index < -0.39 is 17.7 Å². The fraction of sp³-hybridized carbons (Fsp3) is 0.286. The van der Waals surface area contributed by atoms with Crippen molar-refractivity contribution < 1.29 is 19.1 Å². The number of carbonyl (C=O) groups excluding carboxylic acids is 2. The number of anilines is 1. The van der Waals surface area contributed by atoms with Crippen LogP contribution in [0.15, 0.2) is 29.1 Å². The lowest BCUT2D eigenvalue weighted by Gasteiger charge is -2.16. The Morgan fingerprint density at radius 1 is 1.22 bits per heavy atom. The molecule has 1 aromatic carbocycles. The number of aromatic nitrogens is 3. The van der Waals surface area contributed by atoms with Crippen molar-refractivity contribution in [1.82, 2.24) is 14.3 Å². The van der Waals surface area contributed by atoms with E-state index in [2.05, 4.69) is 9.72 Å². The molecular formula is C14H14N4O5. The van der Waals surface area contributed by atoms with Crippen molar-refractivity contribution in [3.05, 3.63) is 40.6 Å². The highest BCUT2D eigenvalue weighted by atomic mass is 16.5. The monoisotopic (exact) mass is 318 g/mol. The Morgan fingerprint density at radius 2 is 1.91 bits per heavy atom. The molecule has 120 valence electrons. The van der Waals surface area contributed by atoms with Crippen molar-refractivity contribution >= 4 is 17.7 Å². The molecule has 0 N–H and O–H groups in total. The first-order chi connectivity index (χ1) is 11.0. The van der Waals surface area contributed by atoms with E-state index in [1.54, 1.807) is 31.4 Å². The summed E-state index contributed by atoms with van der Waals surface area (Å²) in [6, 6.07) is 6.46. The Bertz CT molecular complexity index is 821. The van der Waals surface area contributed by atoms with Crippen LogP contribution in [0.5, 0.6) is 5.75 Å². The van der Waals surface area contributed by atoms with Crippen LogP contribution in [0.1, 0.15) is 5.82 Å². The van der Waals surface area contributed by atoms with Gasteiger partial charge in [0.25, 0.3) is 0 Å². The lowest BCUT2D eigenvalue weighted by atomic mass is 10.3. The van der Waals surface area contributed by atoms with E-state index in [0.717, 1.165) is 9.36 Å². The summed E-state index contributed by atoms with van der Waals surface area (Å²) in [5.41, 5.74) is -0.0218. The first-order valence-corrected chi connectivity index (χ1v) is 6.76. The third-order valence-electron chi connectivity index (χ3n) is 3.53. The van der Waals surface area contributed by atoms with Crippen LogP contribution in [-0.4, -0.2) is 40.6 Å². The number of methoxy groups -OCH3 is 2. The summed E-state index contributed by atoms with van der Waals surface area (Å²) in [5.74, 6) is 0.311. The minimum atomic E-state index is -0.659. The number of benzene rings is 1. The normalized spacial score (nSPS) is 13.1. The number of ether oxygens (including phenoxy) is 2. The SMILES string of the molecule is COC(=O)Cn1c(=O)nc2n1C(=O)N(c1ccc(OC)cc1)C2. The van der Waals surface area contributed by atoms with Crippen molar-refractivity contribution in [2.45, 2.75) is 13.1 Å². The van der Waals surface area contributed by atoms with Crippen LogP contribution < -0.4 is 15.3 Å². The maximum atomic E-state index is 12.6. The summed E-state index contributed by atoms with van der Waals surface area (Å²) < 4.78 is 11.7. The fourth-order valence-electron chi connectivity index (χ4n) is 2.37. The Kier molecular flexibility index (Phi) is 3.61. The predicted molar refractivity (Wildman–Crippen MR) is 78.5 cm³/mol. The molecule has 0 fully saturated rings. The standard InChI is InChI=1S/C14H14N4O5/c1-22-10-5-3-9(4-6-10)16-7-11-15-13(20)17(8-12(19)23-2)18(11)14(16)21/h3-6H,7-8H2,1-2H3. The van der Waals surface area contributed by atoms with E-state index in [-0.39, 0.29) is 18.9 Å². The van der Waals surface area contributed by atoms with Crippen LogP contribution >= 0.6 is 0 Å². The first kappa shape index (κ1) is 14.8. The number of amides is 1. The molecule has 0 bridgehead atoms.